The maximum absolute atomic E-state index is 13.7. The van der Waals surface area contributed by atoms with Crippen LogP contribution in [-0.4, -0.2) is 63.7 Å². The molecule has 2 aromatic carbocycles. The first kappa shape index (κ1) is 25.8. The Hall–Kier alpha value is -3.30. The molecule has 1 unspecified atom stereocenters. The van der Waals surface area contributed by atoms with Crippen molar-refractivity contribution in [1.29, 1.82) is 0 Å². The number of carbonyl (C=O) groups is 1. The molecule has 0 saturated carbocycles. The third kappa shape index (κ3) is 4.99. The number of nitrogens with zero attached hydrogens (tertiary/aromatic N) is 2. The van der Waals surface area contributed by atoms with Gasteiger partial charge in [-0.15, -0.1) is 0 Å². The zero-order valence-electron chi connectivity index (χ0n) is 20.8. The number of para-hydroxylation sites is 1. The number of sulfone groups is 1. The highest BCUT2D eigenvalue weighted by Gasteiger charge is 2.34. The lowest BCUT2D eigenvalue weighted by molar-refractivity contribution is 0.0692. The predicted molar refractivity (Wildman–Crippen MR) is 139 cm³/mol. The van der Waals surface area contributed by atoms with E-state index >= 15 is 0 Å². The molecule has 1 saturated heterocycles. The van der Waals surface area contributed by atoms with Gasteiger partial charge in [0, 0.05) is 30.3 Å². The van der Waals surface area contributed by atoms with E-state index in [4.69, 9.17) is 9.15 Å². The molecule has 3 aromatic rings. The van der Waals surface area contributed by atoms with Gasteiger partial charge in [-0.1, -0.05) is 38.1 Å². The van der Waals surface area contributed by atoms with E-state index in [0.29, 0.717) is 16.8 Å². The van der Waals surface area contributed by atoms with E-state index in [1.54, 1.807) is 30.3 Å². The van der Waals surface area contributed by atoms with Crippen molar-refractivity contribution in [3.63, 3.8) is 0 Å². The number of likely N-dealkylation sites (N-methyl/N-ethyl adjacent to an activating group) is 1. The van der Waals surface area contributed by atoms with Crippen LogP contribution in [0.25, 0.3) is 11.1 Å². The maximum atomic E-state index is 13.7. The third-order valence-corrected chi connectivity index (χ3v) is 8.56. The second-order valence-corrected chi connectivity index (χ2v) is 10.8. The van der Waals surface area contributed by atoms with Gasteiger partial charge in [0.1, 0.15) is 11.3 Å². The predicted octanol–water partition coefficient (Wildman–Crippen LogP) is 4.55. The number of benzene rings is 2. The van der Waals surface area contributed by atoms with Crippen molar-refractivity contribution in [3.8, 4) is 16.9 Å². The summed E-state index contributed by atoms with van der Waals surface area (Å²) in [5, 5.41) is 10.0. The molecule has 36 heavy (non-hydrogen) atoms. The number of anilines is 1. The van der Waals surface area contributed by atoms with Crippen LogP contribution in [0.2, 0.25) is 0 Å². The molecule has 4 rings (SSSR count). The summed E-state index contributed by atoms with van der Waals surface area (Å²) in [7, 11) is -2.49. The Morgan fingerprint density at radius 3 is 2.50 bits per heavy atom. The number of hydrogen-bond donors (Lipinski definition) is 1. The minimum absolute atomic E-state index is 0.104. The average molecular weight is 513 g/mol. The summed E-state index contributed by atoms with van der Waals surface area (Å²) in [4.78, 5) is 17.0. The lowest BCUT2D eigenvalue weighted by atomic mass is 9.99. The van der Waals surface area contributed by atoms with Crippen LogP contribution in [0.3, 0.4) is 0 Å². The van der Waals surface area contributed by atoms with E-state index in [-0.39, 0.29) is 27.8 Å². The summed E-state index contributed by atoms with van der Waals surface area (Å²) < 4.78 is 38.0. The number of carboxylic acids is 1. The number of carboxylic acid groups (broad SMARTS) is 1. The topological polar surface area (TPSA) is 100 Å². The standard InChI is InChI=1S/C27H32N2O6S/c1-4-28(5-2)16-21-12-14-29(21)23-8-6-7-9-24(23)36(32,33)18-20-10-11-22(19-13-15-35-17-19)26(34-3)25(20)27(30)31/h6-11,13,15,17,21H,4-5,12,14,16,18H2,1-3H3,(H,30,31). The summed E-state index contributed by atoms with van der Waals surface area (Å²) in [6, 6.07) is 12.1. The average Bonchev–Trinajstić information content (AvgIpc) is 3.38. The summed E-state index contributed by atoms with van der Waals surface area (Å²) in [5.41, 5.74) is 1.83. The molecule has 192 valence electrons. The molecular weight excluding hydrogens is 480 g/mol. The highest BCUT2D eigenvalue weighted by atomic mass is 32.2. The van der Waals surface area contributed by atoms with E-state index in [2.05, 4.69) is 23.6 Å². The normalized spacial score (nSPS) is 15.7. The van der Waals surface area contributed by atoms with Crippen LogP contribution in [0.15, 0.2) is 64.3 Å². The Balaban J connectivity index is 1.70. The van der Waals surface area contributed by atoms with Gasteiger partial charge in [-0.05, 0) is 43.3 Å². The lowest BCUT2D eigenvalue weighted by Crippen LogP contribution is -2.54. The fourth-order valence-electron chi connectivity index (χ4n) is 4.80. The van der Waals surface area contributed by atoms with Gasteiger partial charge in [0.15, 0.2) is 9.84 Å². The molecular formula is C27H32N2O6S. The smallest absolute Gasteiger partial charge is 0.339 e. The van der Waals surface area contributed by atoms with E-state index in [1.165, 1.54) is 19.6 Å². The van der Waals surface area contributed by atoms with Crippen molar-refractivity contribution in [1.82, 2.24) is 4.90 Å². The quantitative estimate of drug-likeness (QED) is 0.400. The highest BCUT2D eigenvalue weighted by molar-refractivity contribution is 7.90. The minimum atomic E-state index is -3.87. The molecule has 1 fully saturated rings. The van der Waals surface area contributed by atoms with Crippen molar-refractivity contribution in [2.75, 3.05) is 38.2 Å². The van der Waals surface area contributed by atoms with Gasteiger partial charge in [0.2, 0.25) is 0 Å². The van der Waals surface area contributed by atoms with Crippen LogP contribution in [0, 0.1) is 0 Å². The van der Waals surface area contributed by atoms with Crippen molar-refractivity contribution in [2.45, 2.75) is 37.0 Å². The number of furan rings is 1. The van der Waals surface area contributed by atoms with Gasteiger partial charge in [0.05, 0.1) is 36.0 Å². The number of hydrogen-bond acceptors (Lipinski definition) is 7. The molecule has 0 bridgehead atoms. The third-order valence-electron chi connectivity index (χ3n) is 6.86. The zero-order valence-corrected chi connectivity index (χ0v) is 21.6. The number of methoxy groups -OCH3 is 1. The molecule has 8 nitrogen and oxygen atoms in total. The second-order valence-electron chi connectivity index (χ2n) is 8.85. The van der Waals surface area contributed by atoms with Gasteiger partial charge in [0.25, 0.3) is 0 Å². The van der Waals surface area contributed by atoms with Crippen LogP contribution in [0.4, 0.5) is 5.69 Å². The lowest BCUT2D eigenvalue weighted by Gasteiger charge is -2.45. The molecule has 1 aliphatic rings. The molecule has 2 heterocycles. The fourth-order valence-corrected chi connectivity index (χ4v) is 6.40. The van der Waals surface area contributed by atoms with Crippen molar-refractivity contribution in [2.24, 2.45) is 0 Å². The van der Waals surface area contributed by atoms with E-state index in [9.17, 15) is 18.3 Å². The van der Waals surface area contributed by atoms with Gasteiger partial charge in [-0.3, -0.25) is 0 Å². The molecule has 1 aliphatic heterocycles. The summed E-state index contributed by atoms with van der Waals surface area (Å²) in [6.07, 6.45) is 3.96. The molecule has 0 amide bonds. The Kier molecular flexibility index (Phi) is 7.70. The van der Waals surface area contributed by atoms with Crippen LogP contribution in [0.1, 0.15) is 36.2 Å². The van der Waals surface area contributed by atoms with Gasteiger partial charge in [-0.25, -0.2) is 13.2 Å². The number of rotatable bonds is 11. The monoisotopic (exact) mass is 512 g/mol. The van der Waals surface area contributed by atoms with Crippen molar-refractivity contribution >= 4 is 21.5 Å². The first-order valence-electron chi connectivity index (χ1n) is 12.1. The molecule has 0 radical (unpaired) electrons. The summed E-state index contributed by atoms with van der Waals surface area (Å²) >= 11 is 0. The van der Waals surface area contributed by atoms with Crippen molar-refractivity contribution < 1.29 is 27.5 Å². The summed E-state index contributed by atoms with van der Waals surface area (Å²) in [5.74, 6) is -1.60. The second kappa shape index (κ2) is 10.8. The molecule has 1 atom stereocenters. The highest BCUT2D eigenvalue weighted by Crippen LogP contribution is 2.38. The molecule has 1 N–H and O–H groups in total. The van der Waals surface area contributed by atoms with Gasteiger partial charge < -0.3 is 24.1 Å². The molecule has 0 aliphatic carbocycles. The molecule has 9 heteroatoms. The van der Waals surface area contributed by atoms with E-state index in [1.807, 2.05) is 12.1 Å². The first-order valence-corrected chi connectivity index (χ1v) is 13.7. The summed E-state index contributed by atoms with van der Waals surface area (Å²) in [6.45, 7) is 7.78. The van der Waals surface area contributed by atoms with Crippen LogP contribution in [-0.2, 0) is 15.6 Å². The SMILES string of the molecule is CCN(CC)CC1CCN1c1ccccc1S(=O)(=O)Cc1ccc(-c2ccoc2)c(OC)c1C(=O)O. The Labute approximate surface area is 212 Å². The van der Waals surface area contributed by atoms with Crippen LogP contribution in [0.5, 0.6) is 5.75 Å². The zero-order chi connectivity index (χ0) is 25.9. The molecule has 1 aromatic heterocycles. The Morgan fingerprint density at radius 1 is 1.17 bits per heavy atom. The largest absolute Gasteiger partial charge is 0.495 e. The van der Waals surface area contributed by atoms with Gasteiger partial charge in [-0.2, -0.15) is 0 Å². The maximum Gasteiger partial charge on any atom is 0.339 e. The Morgan fingerprint density at radius 2 is 1.92 bits per heavy atom. The van der Waals surface area contributed by atoms with Gasteiger partial charge >= 0.3 is 5.97 Å². The first-order chi connectivity index (χ1) is 17.3. The van der Waals surface area contributed by atoms with E-state index < -0.39 is 21.6 Å². The molecule has 0 spiro atoms. The van der Waals surface area contributed by atoms with E-state index in [0.717, 1.165) is 32.6 Å². The Bertz CT molecular complexity index is 1320. The van der Waals surface area contributed by atoms with Crippen molar-refractivity contribution in [3.05, 3.63) is 66.1 Å². The fraction of sp³-hybridized carbons (Fsp3) is 0.370. The van der Waals surface area contributed by atoms with Crippen LogP contribution >= 0.6 is 0 Å². The minimum Gasteiger partial charge on any atom is -0.495 e. The van der Waals surface area contributed by atoms with Crippen LogP contribution < -0.4 is 9.64 Å². The number of ether oxygens (including phenoxy) is 1. The number of aromatic carboxylic acids is 1.